The number of aromatic nitrogens is 3. The Hall–Kier alpha value is -3.72. The summed E-state index contributed by atoms with van der Waals surface area (Å²) in [5.41, 5.74) is 1.07. The molecule has 4 rings (SSSR count). The molecule has 0 amide bonds. The third-order valence-electron chi connectivity index (χ3n) is 4.85. The Kier molecular flexibility index (Phi) is 6.69. The van der Waals surface area contributed by atoms with Crippen LogP contribution in [0.3, 0.4) is 0 Å². The maximum Gasteiger partial charge on any atom is 0.296 e. The normalized spacial score (nSPS) is 11.7. The fraction of sp³-hybridized carbons (Fsp3) is 0.250. The number of rotatable bonds is 8. The van der Waals surface area contributed by atoms with Gasteiger partial charge in [0.05, 0.1) is 24.9 Å². The van der Waals surface area contributed by atoms with Crippen LogP contribution in [0.5, 0.6) is 17.2 Å². The first-order valence-electron chi connectivity index (χ1n) is 10.5. The first-order valence-corrected chi connectivity index (χ1v) is 11.3. The number of ether oxygens (including phenoxy) is 3. The molecule has 0 aliphatic carbocycles. The number of methoxy groups -OCH3 is 1. The number of nitrogens with zero attached hydrogens (tertiary/aromatic N) is 3. The van der Waals surface area contributed by atoms with Crippen LogP contribution >= 0.6 is 11.3 Å². The maximum absolute atomic E-state index is 13.0. The molecule has 9 heteroatoms. The molecule has 0 atom stereocenters. The van der Waals surface area contributed by atoms with Crippen molar-refractivity contribution in [2.75, 3.05) is 20.3 Å². The fourth-order valence-corrected chi connectivity index (χ4v) is 4.20. The van der Waals surface area contributed by atoms with E-state index in [9.17, 15) is 9.59 Å². The Balaban J connectivity index is 1.72. The van der Waals surface area contributed by atoms with E-state index in [0.29, 0.717) is 29.2 Å². The molecule has 170 valence electrons. The minimum atomic E-state index is -0.446. The molecular formula is C24H23N3O5S. The van der Waals surface area contributed by atoms with Gasteiger partial charge in [-0.15, -0.1) is 0 Å². The molecule has 33 heavy (non-hydrogen) atoms. The van der Waals surface area contributed by atoms with Gasteiger partial charge in [0.15, 0.2) is 11.5 Å². The minimum Gasteiger partial charge on any atom is -0.497 e. The van der Waals surface area contributed by atoms with Gasteiger partial charge in [-0.05, 0) is 55.3 Å². The van der Waals surface area contributed by atoms with E-state index in [1.165, 1.54) is 4.52 Å². The van der Waals surface area contributed by atoms with Crippen molar-refractivity contribution in [3.63, 3.8) is 0 Å². The topological polar surface area (TPSA) is 92.0 Å². The van der Waals surface area contributed by atoms with E-state index in [2.05, 4.69) is 10.1 Å². The third kappa shape index (κ3) is 4.88. The molecule has 2 aromatic carbocycles. The van der Waals surface area contributed by atoms with Crippen LogP contribution in [-0.4, -0.2) is 34.9 Å². The van der Waals surface area contributed by atoms with Crippen LogP contribution in [0.1, 0.15) is 30.7 Å². The monoisotopic (exact) mass is 465 g/mol. The second-order valence-electron chi connectivity index (χ2n) is 7.07. The van der Waals surface area contributed by atoms with Gasteiger partial charge in [0.1, 0.15) is 11.4 Å². The highest BCUT2D eigenvalue weighted by Gasteiger charge is 2.12. The van der Waals surface area contributed by atoms with Crippen molar-refractivity contribution in [1.29, 1.82) is 0 Å². The van der Waals surface area contributed by atoms with Crippen LogP contribution in [0.15, 0.2) is 52.1 Å². The largest absolute Gasteiger partial charge is 0.497 e. The number of thiazole rings is 1. The first kappa shape index (κ1) is 22.5. The molecule has 0 saturated carbocycles. The molecule has 0 spiro atoms. The lowest BCUT2D eigenvalue weighted by atomic mass is 10.1. The summed E-state index contributed by atoms with van der Waals surface area (Å²) in [6.45, 7) is 4.81. The summed E-state index contributed by atoms with van der Waals surface area (Å²) in [5, 5.41) is 4.30. The Morgan fingerprint density at radius 3 is 2.42 bits per heavy atom. The molecule has 0 N–H and O–H groups in total. The zero-order chi connectivity index (χ0) is 23.4. The van der Waals surface area contributed by atoms with E-state index in [1.807, 2.05) is 56.3 Å². The van der Waals surface area contributed by atoms with E-state index < -0.39 is 5.56 Å². The van der Waals surface area contributed by atoms with Gasteiger partial charge in [-0.25, -0.2) is 0 Å². The predicted molar refractivity (Wildman–Crippen MR) is 127 cm³/mol. The van der Waals surface area contributed by atoms with Crippen molar-refractivity contribution in [1.82, 2.24) is 14.6 Å². The Labute approximate surface area is 193 Å². The van der Waals surface area contributed by atoms with Gasteiger partial charge in [-0.3, -0.25) is 9.59 Å². The molecule has 2 aromatic heterocycles. The Morgan fingerprint density at radius 2 is 1.73 bits per heavy atom. The molecule has 0 unspecified atom stereocenters. The summed E-state index contributed by atoms with van der Waals surface area (Å²) in [5.74, 6) is 1.97. The molecule has 2 heterocycles. The van der Waals surface area contributed by atoms with E-state index in [4.69, 9.17) is 14.2 Å². The Bertz CT molecular complexity index is 1440. The quantitative estimate of drug-likeness (QED) is 0.395. The summed E-state index contributed by atoms with van der Waals surface area (Å²) in [7, 11) is 1.59. The second kappa shape index (κ2) is 9.83. The van der Waals surface area contributed by atoms with Crippen molar-refractivity contribution in [3.8, 4) is 17.2 Å². The first-order chi connectivity index (χ1) is 16.0. The van der Waals surface area contributed by atoms with Gasteiger partial charge in [0.2, 0.25) is 4.96 Å². The molecule has 0 aliphatic rings. The second-order valence-corrected chi connectivity index (χ2v) is 8.08. The highest BCUT2D eigenvalue weighted by molar-refractivity contribution is 7.15. The molecule has 0 fully saturated rings. The zero-order valence-electron chi connectivity index (χ0n) is 18.5. The van der Waals surface area contributed by atoms with Gasteiger partial charge >= 0.3 is 0 Å². The van der Waals surface area contributed by atoms with Crippen LogP contribution < -0.4 is 29.9 Å². The van der Waals surface area contributed by atoms with Gasteiger partial charge in [0.25, 0.3) is 11.1 Å². The fourth-order valence-electron chi connectivity index (χ4n) is 3.30. The van der Waals surface area contributed by atoms with Crippen LogP contribution in [0.25, 0.3) is 11.0 Å². The average Bonchev–Trinajstić information content (AvgIpc) is 3.10. The average molecular weight is 466 g/mol. The smallest absolute Gasteiger partial charge is 0.296 e. The van der Waals surface area contributed by atoms with Gasteiger partial charge < -0.3 is 14.2 Å². The van der Waals surface area contributed by atoms with Crippen molar-refractivity contribution in [2.45, 2.75) is 20.3 Å². The van der Waals surface area contributed by atoms with Crippen LogP contribution in [-0.2, 0) is 6.42 Å². The van der Waals surface area contributed by atoms with Gasteiger partial charge in [0, 0.05) is 6.42 Å². The lowest BCUT2D eigenvalue weighted by Gasteiger charge is -2.11. The zero-order valence-corrected chi connectivity index (χ0v) is 19.3. The van der Waals surface area contributed by atoms with Crippen LogP contribution in [0, 0.1) is 0 Å². The van der Waals surface area contributed by atoms with Crippen LogP contribution in [0.4, 0.5) is 0 Å². The lowest BCUT2D eigenvalue weighted by Crippen LogP contribution is -2.28. The highest BCUT2D eigenvalue weighted by Crippen LogP contribution is 2.28. The van der Waals surface area contributed by atoms with E-state index >= 15 is 0 Å². The summed E-state index contributed by atoms with van der Waals surface area (Å²) in [6, 6.07) is 12.8. The van der Waals surface area contributed by atoms with Gasteiger partial charge in [-0.2, -0.15) is 14.6 Å². The molecule has 0 bridgehead atoms. The highest BCUT2D eigenvalue weighted by atomic mass is 32.1. The molecular weight excluding hydrogens is 442 g/mol. The molecule has 4 aromatic rings. The lowest BCUT2D eigenvalue weighted by molar-refractivity contribution is 0.287. The number of hydrogen-bond acceptors (Lipinski definition) is 8. The molecule has 0 saturated heterocycles. The summed E-state index contributed by atoms with van der Waals surface area (Å²) in [6.07, 6.45) is 2.00. The Morgan fingerprint density at radius 1 is 1.00 bits per heavy atom. The van der Waals surface area contributed by atoms with E-state index in [-0.39, 0.29) is 22.6 Å². The number of fused-ring (bicyclic) bond motifs is 1. The van der Waals surface area contributed by atoms with Crippen molar-refractivity contribution >= 4 is 22.4 Å². The molecule has 0 radical (unpaired) electrons. The summed E-state index contributed by atoms with van der Waals surface area (Å²) >= 11 is 1.12. The van der Waals surface area contributed by atoms with Crippen molar-refractivity contribution < 1.29 is 14.2 Å². The molecule has 0 aliphatic heterocycles. The standard InChI is InChI=1S/C24H23N3O5S/c1-4-31-19-11-8-16(13-20(19)32-5-2)14-21-23(29)27-24(33-21)25-22(28)18(26-27)12-15-6-9-17(30-3)10-7-15/h6-11,13-14H,4-5,12H2,1-3H3/b21-14-. The number of benzene rings is 2. The van der Waals surface area contributed by atoms with E-state index in [1.54, 1.807) is 13.2 Å². The predicted octanol–water partition coefficient (Wildman–Crippen LogP) is 2.46. The van der Waals surface area contributed by atoms with Gasteiger partial charge in [-0.1, -0.05) is 29.5 Å². The summed E-state index contributed by atoms with van der Waals surface area (Å²) in [4.78, 5) is 29.8. The minimum absolute atomic E-state index is 0.207. The molecule has 8 nitrogen and oxygen atoms in total. The SMILES string of the molecule is CCOc1ccc(/C=c2\sc3nc(=O)c(Cc4ccc(OC)cc4)nn3c2=O)cc1OCC. The maximum atomic E-state index is 13.0. The summed E-state index contributed by atoms with van der Waals surface area (Å²) < 4.78 is 18.0. The number of hydrogen-bond donors (Lipinski definition) is 0. The third-order valence-corrected chi connectivity index (χ3v) is 5.81. The van der Waals surface area contributed by atoms with Crippen LogP contribution in [0.2, 0.25) is 0 Å². The van der Waals surface area contributed by atoms with Crippen molar-refractivity contribution in [3.05, 3.63) is 84.5 Å². The van der Waals surface area contributed by atoms with Crippen molar-refractivity contribution in [2.24, 2.45) is 0 Å². The van der Waals surface area contributed by atoms with E-state index in [0.717, 1.165) is 28.2 Å².